The molecule has 5 rings (SSSR count). The summed E-state index contributed by atoms with van der Waals surface area (Å²) in [5.74, 6) is -0.298. The lowest BCUT2D eigenvalue weighted by Gasteiger charge is -2.17. The van der Waals surface area contributed by atoms with Crippen LogP contribution in [-0.2, 0) is 19.8 Å². The van der Waals surface area contributed by atoms with Gasteiger partial charge in [0, 0.05) is 49.4 Å². The van der Waals surface area contributed by atoms with Crippen LogP contribution in [0, 0.1) is 17.2 Å². The lowest BCUT2D eigenvalue weighted by molar-refractivity contribution is -0.130. The van der Waals surface area contributed by atoms with E-state index < -0.39 is 24.7 Å². The zero-order valence-corrected chi connectivity index (χ0v) is 27.3. The highest BCUT2D eigenvalue weighted by atomic mass is 32.1. The molecule has 11 nitrogen and oxygen atoms in total. The van der Waals surface area contributed by atoms with Crippen molar-refractivity contribution >= 4 is 47.2 Å². The normalized spacial score (nSPS) is 15.8. The fourth-order valence-corrected chi connectivity index (χ4v) is 5.76. The molecule has 5 N–H and O–H groups in total. The number of hydrogen-bond acceptors (Lipinski definition) is 7. The number of thiophene rings is 1. The van der Waals surface area contributed by atoms with Crippen molar-refractivity contribution in [3.8, 4) is 6.07 Å². The van der Waals surface area contributed by atoms with Crippen LogP contribution in [0.3, 0.4) is 0 Å². The van der Waals surface area contributed by atoms with Crippen molar-refractivity contribution in [3.63, 3.8) is 0 Å². The molecule has 3 heterocycles. The van der Waals surface area contributed by atoms with Gasteiger partial charge in [-0.25, -0.2) is 0 Å². The number of halogens is 2. The maximum absolute atomic E-state index is 13.5. The number of fused-ring (bicyclic) bond motifs is 1. The minimum Gasteiger partial charge on any atom is -0.365 e. The first kappa shape index (κ1) is 38.5. The predicted molar refractivity (Wildman–Crippen MR) is 173 cm³/mol. The number of carbonyl (C=O) groups is 3. The number of nitriles is 1. The molecule has 15 heteroatoms. The quantitative estimate of drug-likeness (QED) is 0.153. The maximum Gasteiger partial charge on any atom is 0.399 e. The second-order valence-corrected chi connectivity index (χ2v) is 13.1. The summed E-state index contributed by atoms with van der Waals surface area (Å²) in [5.41, 5.74) is -0.00188. The summed E-state index contributed by atoms with van der Waals surface area (Å²) in [7, 11) is -5.60. The van der Waals surface area contributed by atoms with Crippen LogP contribution in [0.25, 0.3) is 10.1 Å². The van der Waals surface area contributed by atoms with Crippen LogP contribution in [0.2, 0.25) is 0 Å². The number of nitrogens with zero attached hydrogens (tertiary/aromatic N) is 3. The topological polar surface area (TPSA) is 177 Å². The summed E-state index contributed by atoms with van der Waals surface area (Å²) < 4.78 is 38.3. The second-order valence-electron chi connectivity index (χ2n) is 10.4. The summed E-state index contributed by atoms with van der Waals surface area (Å²) in [6, 6.07) is 18.6. The summed E-state index contributed by atoms with van der Waals surface area (Å²) >= 11 is 1.02. The monoisotopic (exact) mass is 679 g/mol. The lowest BCUT2D eigenvalue weighted by Crippen LogP contribution is -2.30. The Hall–Kier alpha value is -3.73. The van der Waals surface area contributed by atoms with E-state index in [0.29, 0.717) is 23.6 Å². The van der Waals surface area contributed by atoms with Gasteiger partial charge >= 0.3 is 13.3 Å². The van der Waals surface area contributed by atoms with Gasteiger partial charge in [0.2, 0.25) is 12.3 Å². The standard InChI is InChI=1S/C10H8F2NO4PS.C9H18N2O.C6H8N2O.C6H6/c11-10(12,18(15,16)17)6-1-2-7-5(3-6)4-8(19-7)9(13)14;1-2-10-6-5-9(12)11-7-3-4-8-11;7-3-6-1-2-8(4-6)5-9;1-2-4-6-5-3-1/h1-4H,(H2,13,14)(H2,15,16,17);10H,2-8H2,1H3;5-6H,1-2,4H2;1-6H. The number of hydrogen-bond donors (Lipinski definition) is 4. The van der Waals surface area contributed by atoms with Gasteiger partial charge in [-0.1, -0.05) is 49.4 Å². The van der Waals surface area contributed by atoms with Gasteiger partial charge in [0.15, 0.2) is 0 Å². The Balaban J connectivity index is 0.000000233. The Morgan fingerprint density at radius 3 is 2.20 bits per heavy atom. The van der Waals surface area contributed by atoms with E-state index in [1.54, 1.807) is 4.90 Å². The Bertz CT molecular complexity index is 1460. The van der Waals surface area contributed by atoms with E-state index in [1.165, 1.54) is 25.0 Å². The van der Waals surface area contributed by atoms with E-state index in [2.05, 4.69) is 18.3 Å². The largest absolute Gasteiger partial charge is 0.399 e. The van der Waals surface area contributed by atoms with Crippen molar-refractivity contribution in [1.82, 2.24) is 15.1 Å². The van der Waals surface area contributed by atoms with E-state index in [4.69, 9.17) is 20.8 Å². The molecule has 0 bridgehead atoms. The number of primary amides is 1. The third-order valence-corrected chi connectivity index (χ3v) is 9.04. The molecular formula is C31H40F2N5O6PS. The number of likely N-dealkylation sites (tertiary alicyclic amines) is 2. The van der Waals surface area contributed by atoms with Gasteiger partial charge in [-0.2, -0.15) is 14.0 Å². The molecule has 2 aromatic carbocycles. The van der Waals surface area contributed by atoms with Crippen molar-refractivity contribution in [2.24, 2.45) is 11.7 Å². The molecule has 1 atom stereocenters. The van der Waals surface area contributed by atoms with E-state index >= 15 is 0 Å². The van der Waals surface area contributed by atoms with Crippen LogP contribution < -0.4 is 11.1 Å². The van der Waals surface area contributed by atoms with Crippen LogP contribution in [0.15, 0.2) is 60.7 Å². The molecule has 0 saturated carbocycles. The molecule has 1 aromatic heterocycles. The Kier molecular flexibility index (Phi) is 15.9. The highest BCUT2D eigenvalue weighted by molar-refractivity contribution is 7.52. The smallest absolute Gasteiger partial charge is 0.365 e. The molecule has 0 aliphatic carbocycles. The minimum absolute atomic E-state index is 0.0789. The molecule has 250 valence electrons. The Morgan fingerprint density at radius 2 is 1.74 bits per heavy atom. The fraction of sp³-hybridized carbons (Fsp3) is 0.419. The van der Waals surface area contributed by atoms with Crippen molar-refractivity contribution in [3.05, 3.63) is 71.1 Å². The second kappa shape index (κ2) is 19.1. The first-order chi connectivity index (χ1) is 21.8. The number of carbonyl (C=O) groups excluding carboxylic acids is 3. The molecule has 3 amide bonds. The molecule has 2 aliphatic rings. The molecular weight excluding hydrogens is 639 g/mol. The van der Waals surface area contributed by atoms with Crippen molar-refractivity contribution in [2.45, 2.75) is 38.3 Å². The van der Waals surface area contributed by atoms with Gasteiger partial charge in [0.05, 0.1) is 16.9 Å². The van der Waals surface area contributed by atoms with Gasteiger partial charge in [0.25, 0.3) is 5.91 Å². The molecule has 2 aliphatic heterocycles. The van der Waals surface area contributed by atoms with E-state index in [-0.39, 0.29) is 16.2 Å². The average molecular weight is 680 g/mol. The van der Waals surface area contributed by atoms with Crippen LogP contribution in [0.1, 0.15) is 47.8 Å². The summed E-state index contributed by atoms with van der Waals surface area (Å²) in [6.07, 6.45) is 4.68. The number of benzene rings is 2. The van der Waals surface area contributed by atoms with Crippen molar-refractivity contribution < 1.29 is 37.5 Å². The van der Waals surface area contributed by atoms with E-state index in [0.717, 1.165) is 69.0 Å². The van der Waals surface area contributed by atoms with Gasteiger partial charge in [-0.15, -0.1) is 11.3 Å². The van der Waals surface area contributed by atoms with Gasteiger partial charge < -0.3 is 30.6 Å². The third kappa shape index (κ3) is 12.2. The summed E-state index contributed by atoms with van der Waals surface area (Å²) in [4.78, 5) is 53.6. The van der Waals surface area contributed by atoms with E-state index in [1.807, 2.05) is 41.3 Å². The zero-order valence-electron chi connectivity index (χ0n) is 25.6. The van der Waals surface area contributed by atoms with Crippen molar-refractivity contribution in [1.29, 1.82) is 5.26 Å². The predicted octanol–water partition coefficient (Wildman–Crippen LogP) is 4.51. The fourth-order valence-electron chi connectivity index (χ4n) is 4.39. The highest BCUT2D eigenvalue weighted by Crippen LogP contribution is 2.59. The molecule has 3 aromatic rings. The SMILES string of the molecule is CCNCCC(=O)N1CCCC1.N#CC1CCN(C=O)C1.NC(=O)c1cc2cc(C(F)(F)P(=O)(O)O)ccc2s1.c1ccccc1. The lowest BCUT2D eigenvalue weighted by atomic mass is 10.1. The Labute approximate surface area is 271 Å². The average Bonchev–Trinajstić information content (AvgIpc) is 3.83. The summed E-state index contributed by atoms with van der Waals surface area (Å²) in [5, 5.41) is 11.8. The first-order valence-electron chi connectivity index (χ1n) is 14.7. The highest BCUT2D eigenvalue weighted by Gasteiger charge is 2.50. The molecule has 46 heavy (non-hydrogen) atoms. The zero-order chi connectivity index (χ0) is 34.2. The number of rotatable bonds is 8. The van der Waals surface area contributed by atoms with E-state index in [9.17, 15) is 27.7 Å². The molecule has 0 spiro atoms. The minimum atomic E-state index is -5.60. The number of nitrogens with two attached hydrogens (primary N) is 1. The molecule has 2 fully saturated rings. The number of alkyl halides is 2. The van der Waals surface area contributed by atoms with Crippen LogP contribution >= 0.6 is 18.9 Å². The van der Waals surface area contributed by atoms with Crippen LogP contribution in [0.4, 0.5) is 8.78 Å². The third-order valence-electron chi connectivity index (χ3n) is 6.91. The maximum atomic E-state index is 13.5. The van der Waals surface area contributed by atoms with Gasteiger partial charge in [-0.05, 0) is 49.4 Å². The van der Waals surface area contributed by atoms with Crippen molar-refractivity contribution in [2.75, 3.05) is 39.3 Å². The molecule has 2 saturated heterocycles. The van der Waals surface area contributed by atoms with Gasteiger partial charge in [0.1, 0.15) is 0 Å². The Morgan fingerprint density at radius 1 is 1.13 bits per heavy atom. The molecule has 1 unspecified atom stereocenters. The van der Waals surface area contributed by atoms with Crippen LogP contribution in [-0.4, -0.2) is 77.1 Å². The van der Waals surface area contributed by atoms with Gasteiger partial charge in [-0.3, -0.25) is 18.9 Å². The summed E-state index contributed by atoms with van der Waals surface area (Å²) in [6.45, 7) is 7.16. The first-order valence-corrected chi connectivity index (χ1v) is 17.1. The number of nitrogens with one attached hydrogen (secondary N) is 1. The van der Waals surface area contributed by atoms with Crippen LogP contribution in [0.5, 0.6) is 0 Å². The molecule has 0 radical (unpaired) electrons. The number of amides is 3.